The zero-order valence-corrected chi connectivity index (χ0v) is 17.2. The standard InChI is InChI=1S/C21H23N3O3S/c1-14-5-7-16(8-6-14)21(25)20-15(2)11-19(24(20)3)12-17-9-10-18(13-22-17)23-28(4,26)27/h5-11,13,23H,12H2,1-4H3. The molecule has 0 atom stereocenters. The molecule has 6 nitrogen and oxygen atoms in total. The van der Waals surface area contributed by atoms with Crippen molar-refractivity contribution < 1.29 is 13.2 Å². The normalized spacial score (nSPS) is 11.4. The predicted octanol–water partition coefficient (Wildman–Crippen LogP) is 3.23. The molecule has 3 aromatic rings. The molecule has 28 heavy (non-hydrogen) atoms. The third-order valence-corrected chi connectivity index (χ3v) is 5.15. The van der Waals surface area contributed by atoms with Crippen molar-refractivity contribution in [2.75, 3.05) is 11.0 Å². The number of hydrogen-bond donors (Lipinski definition) is 1. The van der Waals surface area contributed by atoms with Gasteiger partial charge in [-0.05, 0) is 37.6 Å². The van der Waals surface area contributed by atoms with Crippen LogP contribution in [0.2, 0.25) is 0 Å². The zero-order valence-electron chi connectivity index (χ0n) is 16.4. The van der Waals surface area contributed by atoms with Crippen molar-refractivity contribution in [3.8, 4) is 0 Å². The Morgan fingerprint density at radius 3 is 2.36 bits per heavy atom. The van der Waals surface area contributed by atoms with Gasteiger partial charge in [-0.15, -0.1) is 0 Å². The highest BCUT2D eigenvalue weighted by Crippen LogP contribution is 2.21. The first-order chi connectivity index (χ1) is 13.1. The van der Waals surface area contributed by atoms with E-state index in [0.29, 0.717) is 23.4 Å². The lowest BCUT2D eigenvalue weighted by molar-refractivity contribution is 0.103. The maximum atomic E-state index is 12.9. The molecule has 1 aromatic carbocycles. The molecule has 0 saturated carbocycles. The van der Waals surface area contributed by atoms with Gasteiger partial charge < -0.3 is 4.57 Å². The predicted molar refractivity (Wildman–Crippen MR) is 110 cm³/mol. The van der Waals surface area contributed by atoms with Gasteiger partial charge in [-0.2, -0.15) is 0 Å². The number of nitrogens with one attached hydrogen (secondary N) is 1. The number of nitrogens with zero attached hydrogens (tertiary/aromatic N) is 2. The largest absolute Gasteiger partial charge is 0.344 e. The number of rotatable bonds is 6. The Bertz CT molecular complexity index is 1110. The van der Waals surface area contributed by atoms with Crippen LogP contribution in [0.5, 0.6) is 0 Å². The maximum Gasteiger partial charge on any atom is 0.229 e. The Morgan fingerprint density at radius 1 is 1.11 bits per heavy atom. The highest BCUT2D eigenvalue weighted by molar-refractivity contribution is 7.92. The summed E-state index contributed by atoms with van der Waals surface area (Å²) < 4.78 is 26.9. The monoisotopic (exact) mass is 397 g/mol. The van der Waals surface area contributed by atoms with Crippen molar-refractivity contribution >= 4 is 21.5 Å². The van der Waals surface area contributed by atoms with Crippen LogP contribution in [0.1, 0.15) is 38.6 Å². The molecule has 0 bridgehead atoms. The Labute approximate surface area is 165 Å². The second kappa shape index (κ2) is 7.59. The first-order valence-electron chi connectivity index (χ1n) is 8.83. The minimum atomic E-state index is -3.33. The van der Waals surface area contributed by atoms with Crippen LogP contribution in [0, 0.1) is 13.8 Å². The average Bonchev–Trinajstić information content (AvgIpc) is 2.89. The minimum absolute atomic E-state index is 0.00749. The summed E-state index contributed by atoms with van der Waals surface area (Å²) >= 11 is 0. The third kappa shape index (κ3) is 4.48. The maximum absolute atomic E-state index is 12.9. The number of anilines is 1. The van der Waals surface area contributed by atoms with E-state index < -0.39 is 10.0 Å². The molecule has 0 aliphatic carbocycles. The lowest BCUT2D eigenvalue weighted by atomic mass is 10.0. The molecule has 0 saturated heterocycles. The molecular weight excluding hydrogens is 374 g/mol. The zero-order chi connectivity index (χ0) is 20.5. The quantitative estimate of drug-likeness (QED) is 0.648. The molecule has 3 rings (SSSR count). The molecular formula is C21H23N3O3S. The Hall–Kier alpha value is -2.93. The Morgan fingerprint density at radius 2 is 1.79 bits per heavy atom. The van der Waals surface area contributed by atoms with Crippen molar-refractivity contribution in [3.05, 3.63) is 82.4 Å². The van der Waals surface area contributed by atoms with Gasteiger partial charge in [-0.1, -0.05) is 29.8 Å². The third-order valence-electron chi connectivity index (χ3n) is 4.54. The topological polar surface area (TPSA) is 81.1 Å². The van der Waals surface area contributed by atoms with E-state index in [9.17, 15) is 13.2 Å². The van der Waals surface area contributed by atoms with E-state index in [1.165, 1.54) is 6.20 Å². The number of carbonyl (C=O) groups is 1. The van der Waals surface area contributed by atoms with Gasteiger partial charge in [0.1, 0.15) is 0 Å². The van der Waals surface area contributed by atoms with E-state index in [4.69, 9.17) is 0 Å². The number of aromatic nitrogens is 2. The smallest absolute Gasteiger partial charge is 0.229 e. The average molecular weight is 398 g/mol. The van der Waals surface area contributed by atoms with Crippen LogP contribution in [0.25, 0.3) is 0 Å². The summed E-state index contributed by atoms with van der Waals surface area (Å²) in [6.07, 6.45) is 3.13. The van der Waals surface area contributed by atoms with Crippen LogP contribution in [-0.2, 0) is 23.5 Å². The molecule has 0 radical (unpaired) electrons. The van der Waals surface area contributed by atoms with Gasteiger partial charge in [0.25, 0.3) is 0 Å². The van der Waals surface area contributed by atoms with Crippen molar-refractivity contribution in [2.24, 2.45) is 7.05 Å². The highest BCUT2D eigenvalue weighted by atomic mass is 32.2. The number of pyridine rings is 1. The van der Waals surface area contributed by atoms with Crippen LogP contribution in [0.3, 0.4) is 0 Å². The number of ketones is 1. The van der Waals surface area contributed by atoms with E-state index >= 15 is 0 Å². The van der Waals surface area contributed by atoms with Crippen molar-refractivity contribution in [1.82, 2.24) is 9.55 Å². The van der Waals surface area contributed by atoms with Crippen molar-refractivity contribution in [1.29, 1.82) is 0 Å². The second-order valence-electron chi connectivity index (χ2n) is 7.01. The number of sulfonamides is 1. The lowest BCUT2D eigenvalue weighted by Crippen LogP contribution is -2.11. The number of hydrogen-bond acceptors (Lipinski definition) is 4. The molecule has 0 amide bonds. The van der Waals surface area contributed by atoms with Gasteiger partial charge in [0.2, 0.25) is 15.8 Å². The molecule has 2 aromatic heterocycles. The molecule has 146 valence electrons. The fourth-order valence-corrected chi connectivity index (χ4v) is 3.70. The molecule has 1 N–H and O–H groups in total. The fourth-order valence-electron chi connectivity index (χ4n) is 3.15. The van der Waals surface area contributed by atoms with Crippen molar-refractivity contribution in [2.45, 2.75) is 20.3 Å². The van der Waals surface area contributed by atoms with Crippen molar-refractivity contribution in [3.63, 3.8) is 0 Å². The molecule has 0 spiro atoms. The number of aryl methyl sites for hydroxylation is 2. The molecule has 0 fully saturated rings. The van der Waals surface area contributed by atoms with Gasteiger partial charge in [0, 0.05) is 30.4 Å². The summed E-state index contributed by atoms with van der Waals surface area (Å²) in [6.45, 7) is 3.92. The van der Waals surface area contributed by atoms with Gasteiger partial charge in [-0.25, -0.2) is 8.42 Å². The van der Waals surface area contributed by atoms with Gasteiger partial charge in [-0.3, -0.25) is 14.5 Å². The van der Waals surface area contributed by atoms with Gasteiger partial charge >= 0.3 is 0 Å². The second-order valence-corrected chi connectivity index (χ2v) is 8.76. The fraction of sp³-hybridized carbons (Fsp3) is 0.238. The summed E-state index contributed by atoms with van der Waals surface area (Å²) in [4.78, 5) is 17.3. The van der Waals surface area contributed by atoms with Crippen LogP contribution in [-0.4, -0.2) is 30.0 Å². The summed E-state index contributed by atoms with van der Waals surface area (Å²) in [7, 11) is -1.45. The lowest BCUT2D eigenvalue weighted by Gasteiger charge is -2.09. The van der Waals surface area contributed by atoms with E-state index in [1.807, 2.05) is 55.8 Å². The first-order valence-corrected chi connectivity index (χ1v) is 10.7. The molecule has 2 heterocycles. The number of benzene rings is 1. The van der Waals surface area contributed by atoms with E-state index in [1.54, 1.807) is 12.1 Å². The Kier molecular flexibility index (Phi) is 5.38. The van der Waals surface area contributed by atoms with Crippen LogP contribution in [0.15, 0.2) is 48.7 Å². The van der Waals surface area contributed by atoms with Gasteiger partial charge in [0.05, 0.1) is 23.8 Å². The van der Waals surface area contributed by atoms with E-state index in [0.717, 1.165) is 28.8 Å². The summed E-state index contributed by atoms with van der Waals surface area (Å²) in [5.74, 6) is -0.00749. The van der Waals surface area contributed by atoms with Crippen LogP contribution >= 0.6 is 0 Å². The first kappa shape index (κ1) is 19.8. The molecule has 0 aliphatic heterocycles. The number of carbonyl (C=O) groups excluding carboxylic acids is 1. The minimum Gasteiger partial charge on any atom is -0.344 e. The molecule has 0 unspecified atom stereocenters. The van der Waals surface area contributed by atoms with Crippen LogP contribution < -0.4 is 4.72 Å². The molecule has 0 aliphatic rings. The Balaban J connectivity index is 1.84. The van der Waals surface area contributed by atoms with Gasteiger partial charge in [0.15, 0.2) is 0 Å². The van der Waals surface area contributed by atoms with E-state index in [2.05, 4.69) is 9.71 Å². The summed E-state index contributed by atoms with van der Waals surface area (Å²) in [6, 6.07) is 13.0. The SMILES string of the molecule is Cc1ccc(C(=O)c2c(C)cc(Cc3ccc(NS(C)(=O)=O)cn3)n2C)cc1. The highest BCUT2D eigenvalue weighted by Gasteiger charge is 2.18. The molecule has 7 heteroatoms. The summed E-state index contributed by atoms with van der Waals surface area (Å²) in [5.41, 5.74) is 5.52. The van der Waals surface area contributed by atoms with Crippen LogP contribution in [0.4, 0.5) is 5.69 Å². The summed E-state index contributed by atoms with van der Waals surface area (Å²) in [5, 5.41) is 0. The van der Waals surface area contributed by atoms with E-state index in [-0.39, 0.29) is 5.78 Å².